The SMILES string of the molecule is CCCc1ccc(-c2ccc(-c3cc(F)c(C(F)(F)Oc4cc(F)c(F)c(F)c4C)c(F)c3)cc2)cc1. The lowest BCUT2D eigenvalue weighted by Gasteiger charge is -2.21. The van der Waals surface area contributed by atoms with Crippen LogP contribution in [0.4, 0.5) is 30.7 Å². The minimum Gasteiger partial charge on any atom is -0.428 e. The third-order valence-electron chi connectivity index (χ3n) is 5.97. The highest BCUT2D eigenvalue weighted by Crippen LogP contribution is 2.39. The van der Waals surface area contributed by atoms with Crippen molar-refractivity contribution in [3.8, 4) is 28.0 Å². The van der Waals surface area contributed by atoms with Crippen molar-refractivity contribution in [3.63, 3.8) is 0 Å². The molecule has 0 unspecified atom stereocenters. The molecule has 4 rings (SSSR count). The fraction of sp³-hybridized carbons (Fsp3) is 0.172. The van der Waals surface area contributed by atoms with E-state index < -0.39 is 52.1 Å². The van der Waals surface area contributed by atoms with Crippen LogP contribution in [0.2, 0.25) is 0 Å². The number of aryl methyl sites for hydroxylation is 1. The summed E-state index contributed by atoms with van der Waals surface area (Å²) in [5.74, 6) is -9.77. The fourth-order valence-electron chi connectivity index (χ4n) is 3.98. The molecule has 0 aliphatic rings. The molecule has 0 atom stereocenters. The van der Waals surface area contributed by atoms with Gasteiger partial charge in [0.15, 0.2) is 17.5 Å². The summed E-state index contributed by atoms with van der Waals surface area (Å²) in [6.45, 7) is 2.95. The summed E-state index contributed by atoms with van der Waals surface area (Å²) in [5, 5.41) is 0. The van der Waals surface area contributed by atoms with E-state index in [0.29, 0.717) is 17.7 Å². The summed E-state index contributed by atoms with van der Waals surface area (Å²) in [7, 11) is 0. The molecule has 1 nitrogen and oxygen atoms in total. The van der Waals surface area contributed by atoms with E-state index in [0.717, 1.165) is 30.9 Å². The monoisotopic (exact) mass is 518 g/mol. The smallest absolute Gasteiger partial charge is 0.428 e. The van der Waals surface area contributed by atoms with Crippen molar-refractivity contribution in [1.29, 1.82) is 0 Å². The number of rotatable bonds is 7. The average Bonchev–Trinajstić information content (AvgIpc) is 2.86. The van der Waals surface area contributed by atoms with Gasteiger partial charge in [0.05, 0.1) is 0 Å². The fourth-order valence-corrected chi connectivity index (χ4v) is 3.98. The molecule has 0 N–H and O–H groups in total. The summed E-state index contributed by atoms with van der Waals surface area (Å²) in [6, 6.07) is 16.3. The first kappa shape index (κ1) is 26.3. The van der Waals surface area contributed by atoms with E-state index in [4.69, 9.17) is 0 Å². The summed E-state index contributed by atoms with van der Waals surface area (Å²) in [5.41, 5.74) is 0.853. The maximum Gasteiger partial charge on any atom is 0.432 e. The van der Waals surface area contributed by atoms with Crippen LogP contribution in [0.1, 0.15) is 30.0 Å². The number of ether oxygens (including phenoxy) is 1. The van der Waals surface area contributed by atoms with Gasteiger partial charge in [-0.3, -0.25) is 0 Å². The Bertz CT molecular complexity index is 1410. The quantitative estimate of drug-likeness (QED) is 0.175. The lowest BCUT2D eigenvalue weighted by molar-refractivity contribution is -0.190. The van der Waals surface area contributed by atoms with Crippen LogP contribution in [0.25, 0.3) is 22.3 Å². The second kappa shape index (κ2) is 10.3. The van der Waals surface area contributed by atoms with Gasteiger partial charge in [-0.05, 0) is 53.3 Å². The molecule has 0 bridgehead atoms. The molecule has 37 heavy (non-hydrogen) atoms. The normalized spacial score (nSPS) is 11.6. The van der Waals surface area contributed by atoms with E-state index in [-0.39, 0.29) is 11.6 Å². The van der Waals surface area contributed by atoms with Crippen molar-refractivity contribution in [3.05, 3.63) is 113 Å². The molecule has 0 saturated heterocycles. The predicted octanol–water partition coefficient (Wildman–Crippen LogP) is 9.11. The zero-order valence-corrected chi connectivity index (χ0v) is 19.8. The third kappa shape index (κ3) is 5.33. The Labute approximate surface area is 209 Å². The van der Waals surface area contributed by atoms with Crippen LogP contribution < -0.4 is 4.74 Å². The molecule has 4 aromatic carbocycles. The molecular formula is C29H21F7O. The largest absolute Gasteiger partial charge is 0.432 e. The Kier molecular flexibility index (Phi) is 7.30. The molecular weight excluding hydrogens is 497 g/mol. The van der Waals surface area contributed by atoms with Crippen LogP contribution in [0.5, 0.6) is 5.75 Å². The van der Waals surface area contributed by atoms with Gasteiger partial charge in [0.25, 0.3) is 0 Å². The van der Waals surface area contributed by atoms with Crippen LogP contribution in [-0.4, -0.2) is 0 Å². The van der Waals surface area contributed by atoms with Crippen molar-refractivity contribution in [2.24, 2.45) is 0 Å². The Morgan fingerprint density at radius 1 is 0.649 bits per heavy atom. The summed E-state index contributed by atoms with van der Waals surface area (Å²) < 4.78 is 104. The lowest BCUT2D eigenvalue weighted by atomic mass is 9.98. The molecule has 0 saturated carbocycles. The topological polar surface area (TPSA) is 9.23 Å². The van der Waals surface area contributed by atoms with Crippen LogP contribution in [0.15, 0.2) is 66.7 Å². The highest BCUT2D eigenvalue weighted by Gasteiger charge is 2.42. The van der Waals surface area contributed by atoms with E-state index in [1.807, 2.05) is 24.3 Å². The minimum atomic E-state index is -4.65. The number of benzene rings is 4. The number of hydrogen-bond donors (Lipinski definition) is 0. The zero-order valence-electron chi connectivity index (χ0n) is 19.8. The first-order valence-electron chi connectivity index (χ1n) is 11.4. The summed E-state index contributed by atoms with van der Waals surface area (Å²) in [4.78, 5) is 0. The van der Waals surface area contributed by atoms with E-state index in [2.05, 4.69) is 11.7 Å². The number of hydrogen-bond acceptors (Lipinski definition) is 1. The molecule has 8 heteroatoms. The van der Waals surface area contributed by atoms with E-state index in [1.54, 1.807) is 24.3 Å². The second-order valence-electron chi connectivity index (χ2n) is 8.57. The maximum absolute atomic E-state index is 14.8. The predicted molar refractivity (Wildman–Crippen MR) is 127 cm³/mol. The van der Waals surface area contributed by atoms with Gasteiger partial charge in [-0.25, -0.2) is 22.0 Å². The molecule has 0 spiro atoms. The zero-order chi connectivity index (χ0) is 26.9. The van der Waals surface area contributed by atoms with Gasteiger partial charge in [-0.15, -0.1) is 0 Å². The standard InChI is InChI=1S/C29H21F7O/c1-3-4-17-5-7-18(8-6-17)19-9-11-20(12-10-19)21-13-22(30)26(23(31)14-21)29(35,36)37-25-15-24(32)28(34)27(33)16(25)2/h5-15H,3-4H2,1-2H3. The van der Waals surface area contributed by atoms with Gasteiger partial charge in [-0.1, -0.05) is 61.9 Å². The van der Waals surface area contributed by atoms with Crippen molar-refractivity contribution in [2.45, 2.75) is 32.8 Å². The first-order chi connectivity index (χ1) is 17.5. The van der Waals surface area contributed by atoms with Gasteiger partial charge < -0.3 is 4.74 Å². The summed E-state index contributed by atoms with van der Waals surface area (Å²) >= 11 is 0. The van der Waals surface area contributed by atoms with Crippen LogP contribution >= 0.6 is 0 Å². The molecule has 192 valence electrons. The Hall–Kier alpha value is -3.81. The molecule has 0 amide bonds. The van der Waals surface area contributed by atoms with Gasteiger partial charge in [-0.2, -0.15) is 8.78 Å². The molecule has 0 heterocycles. The Balaban J connectivity index is 1.61. The molecule has 0 aromatic heterocycles. The Morgan fingerprint density at radius 2 is 1.14 bits per heavy atom. The van der Waals surface area contributed by atoms with Crippen molar-refractivity contribution in [1.82, 2.24) is 0 Å². The van der Waals surface area contributed by atoms with Crippen LogP contribution in [-0.2, 0) is 12.5 Å². The van der Waals surface area contributed by atoms with Crippen molar-refractivity contribution in [2.75, 3.05) is 0 Å². The average molecular weight is 518 g/mol. The van der Waals surface area contributed by atoms with Gasteiger partial charge in [0, 0.05) is 11.6 Å². The van der Waals surface area contributed by atoms with Crippen molar-refractivity contribution < 1.29 is 35.5 Å². The van der Waals surface area contributed by atoms with Crippen LogP contribution in [0.3, 0.4) is 0 Å². The minimum absolute atomic E-state index is 0.00514. The first-order valence-corrected chi connectivity index (χ1v) is 11.4. The molecule has 0 aliphatic carbocycles. The van der Waals surface area contributed by atoms with E-state index in [1.165, 1.54) is 5.56 Å². The third-order valence-corrected chi connectivity index (χ3v) is 5.97. The number of halogens is 7. The summed E-state index contributed by atoms with van der Waals surface area (Å²) in [6.07, 6.45) is -2.66. The lowest BCUT2D eigenvalue weighted by Crippen LogP contribution is -2.26. The number of alkyl halides is 2. The van der Waals surface area contributed by atoms with Crippen LogP contribution in [0, 0.1) is 36.0 Å². The maximum atomic E-state index is 14.8. The molecule has 0 radical (unpaired) electrons. The van der Waals surface area contributed by atoms with Gasteiger partial charge in [0.1, 0.15) is 22.9 Å². The highest BCUT2D eigenvalue weighted by atomic mass is 19.3. The van der Waals surface area contributed by atoms with Crippen molar-refractivity contribution >= 4 is 0 Å². The van der Waals surface area contributed by atoms with E-state index >= 15 is 0 Å². The van der Waals surface area contributed by atoms with E-state index in [9.17, 15) is 30.7 Å². The molecule has 4 aromatic rings. The second-order valence-corrected chi connectivity index (χ2v) is 8.57. The molecule has 0 aliphatic heterocycles. The van der Waals surface area contributed by atoms with Gasteiger partial charge >= 0.3 is 6.11 Å². The highest BCUT2D eigenvalue weighted by molar-refractivity contribution is 5.71. The Morgan fingerprint density at radius 3 is 1.65 bits per heavy atom. The molecule has 0 fully saturated rings. The van der Waals surface area contributed by atoms with Gasteiger partial charge in [0.2, 0.25) is 0 Å².